The number of nitrogens with one attached hydrogen (secondary N) is 2. The van der Waals surface area contributed by atoms with Crippen molar-refractivity contribution in [1.29, 1.82) is 0 Å². The van der Waals surface area contributed by atoms with Gasteiger partial charge in [0.1, 0.15) is 0 Å². The molecular weight excluding hydrogens is 208 g/mol. The summed E-state index contributed by atoms with van der Waals surface area (Å²) in [7, 11) is 0. The fourth-order valence-corrected chi connectivity index (χ4v) is 1.36. The van der Waals surface area contributed by atoms with Crippen LogP contribution in [0.4, 0.5) is 0 Å². The van der Waals surface area contributed by atoms with Gasteiger partial charge >= 0.3 is 5.97 Å². The summed E-state index contributed by atoms with van der Waals surface area (Å²) < 4.78 is 0. The van der Waals surface area contributed by atoms with Crippen LogP contribution in [0, 0.1) is 0 Å². The smallest absolute Gasteiger partial charge is 0.305 e. The number of carbonyl (C=O) groups is 2. The van der Waals surface area contributed by atoms with Crippen molar-refractivity contribution in [2.75, 3.05) is 6.54 Å². The van der Waals surface area contributed by atoms with Crippen LogP contribution in [0.5, 0.6) is 0 Å². The van der Waals surface area contributed by atoms with Crippen LogP contribution < -0.4 is 10.6 Å². The predicted molar refractivity (Wildman–Crippen MR) is 62.2 cm³/mol. The van der Waals surface area contributed by atoms with Gasteiger partial charge in [0.25, 0.3) is 0 Å². The third-order valence-corrected chi connectivity index (χ3v) is 2.09. The minimum absolute atomic E-state index is 0.0126. The van der Waals surface area contributed by atoms with Crippen molar-refractivity contribution >= 4 is 11.9 Å². The minimum Gasteiger partial charge on any atom is -0.481 e. The molecule has 0 aliphatic carbocycles. The Hall–Kier alpha value is -1.10. The number of aliphatic carboxylic acids is 1. The lowest BCUT2D eigenvalue weighted by atomic mass is 10.1. The maximum Gasteiger partial charge on any atom is 0.305 e. The highest BCUT2D eigenvalue weighted by molar-refractivity contribution is 5.79. The molecule has 1 amide bonds. The summed E-state index contributed by atoms with van der Waals surface area (Å²) in [5, 5.41) is 14.4. The number of amides is 1. The second-order valence-corrected chi connectivity index (χ2v) is 4.19. The van der Waals surface area contributed by atoms with E-state index in [0.29, 0.717) is 6.42 Å². The van der Waals surface area contributed by atoms with Crippen molar-refractivity contribution in [3.63, 3.8) is 0 Å². The average molecular weight is 230 g/mol. The van der Waals surface area contributed by atoms with Gasteiger partial charge in [0, 0.05) is 12.1 Å². The molecular formula is C11H22N2O3. The quantitative estimate of drug-likeness (QED) is 0.575. The molecule has 0 spiro atoms. The number of hydrogen-bond donors (Lipinski definition) is 3. The molecule has 0 rings (SSSR count). The zero-order valence-electron chi connectivity index (χ0n) is 10.2. The first kappa shape index (κ1) is 14.9. The Morgan fingerprint density at radius 1 is 1.31 bits per heavy atom. The van der Waals surface area contributed by atoms with Gasteiger partial charge in [-0.3, -0.25) is 9.59 Å². The van der Waals surface area contributed by atoms with Crippen LogP contribution >= 0.6 is 0 Å². The second-order valence-electron chi connectivity index (χ2n) is 4.19. The first-order valence-electron chi connectivity index (χ1n) is 5.70. The summed E-state index contributed by atoms with van der Waals surface area (Å²) >= 11 is 0. The minimum atomic E-state index is -0.879. The maximum atomic E-state index is 11.4. The van der Waals surface area contributed by atoms with Crippen molar-refractivity contribution in [3.8, 4) is 0 Å². The van der Waals surface area contributed by atoms with E-state index >= 15 is 0 Å². The van der Waals surface area contributed by atoms with E-state index in [0.717, 1.165) is 6.42 Å². The third-order valence-electron chi connectivity index (χ3n) is 2.09. The highest BCUT2D eigenvalue weighted by atomic mass is 16.4. The summed E-state index contributed by atoms with van der Waals surface area (Å²) in [6, 6.07) is -0.0150. The van der Waals surface area contributed by atoms with Crippen molar-refractivity contribution in [2.24, 2.45) is 0 Å². The van der Waals surface area contributed by atoms with Crippen LogP contribution in [0.3, 0.4) is 0 Å². The van der Waals surface area contributed by atoms with Gasteiger partial charge < -0.3 is 15.7 Å². The van der Waals surface area contributed by atoms with Crippen LogP contribution in [-0.2, 0) is 9.59 Å². The number of rotatable bonds is 8. The van der Waals surface area contributed by atoms with E-state index in [4.69, 9.17) is 5.11 Å². The topological polar surface area (TPSA) is 78.4 Å². The molecule has 1 unspecified atom stereocenters. The molecule has 16 heavy (non-hydrogen) atoms. The monoisotopic (exact) mass is 230 g/mol. The maximum absolute atomic E-state index is 11.4. The summed E-state index contributed by atoms with van der Waals surface area (Å²) in [5.41, 5.74) is 0. The molecule has 3 N–H and O–H groups in total. The molecule has 0 aromatic rings. The molecule has 0 bridgehead atoms. The van der Waals surface area contributed by atoms with Crippen molar-refractivity contribution in [3.05, 3.63) is 0 Å². The highest BCUT2D eigenvalue weighted by Crippen LogP contribution is 2.01. The number of carboxylic acids is 1. The number of carbonyl (C=O) groups excluding carboxylic acids is 1. The Labute approximate surface area is 96.6 Å². The van der Waals surface area contributed by atoms with Crippen LogP contribution in [-0.4, -0.2) is 35.6 Å². The Morgan fingerprint density at radius 3 is 2.38 bits per heavy atom. The van der Waals surface area contributed by atoms with Gasteiger partial charge in [0.05, 0.1) is 13.0 Å². The Bertz CT molecular complexity index is 229. The van der Waals surface area contributed by atoms with E-state index in [1.807, 2.05) is 20.8 Å². The molecule has 0 aliphatic heterocycles. The van der Waals surface area contributed by atoms with Gasteiger partial charge in [0.2, 0.25) is 5.91 Å². The van der Waals surface area contributed by atoms with Crippen molar-refractivity contribution in [2.45, 2.75) is 52.1 Å². The van der Waals surface area contributed by atoms with E-state index in [1.165, 1.54) is 0 Å². The normalized spacial score (nSPS) is 12.5. The van der Waals surface area contributed by atoms with E-state index in [1.54, 1.807) is 0 Å². The molecule has 5 nitrogen and oxygen atoms in total. The van der Waals surface area contributed by atoms with E-state index in [2.05, 4.69) is 10.6 Å². The molecule has 5 heteroatoms. The molecule has 1 atom stereocenters. The third kappa shape index (κ3) is 8.23. The average Bonchev–Trinajstić information content (AvgIpc) is 2.14. The number of hydrogen-bond acceptors (Lipinski definition) is 3. The SMILES string of the molecule is CCCC(CC(=O)O)NC(=O)CNC(C)C. The molecule has 0 saturated heterocycles. The summed E-state index contributed by atoms with van der Waals surface area (Å²) in [6.45, 7) is 6.10. The molecule has 0 radical (unpaired) electrons. The largest absolute Gasteiger partial charge is 0.481 e. The van der Waals surface area contributed by atoms with Crippen LogP contribution in [0.15, 0.2) is 0 Å². The van der Waals surface area contributed by atoms with Gasteiger partial charge in [-0.2, -0.15) is 0 Å². The summed E-state index contributed by atoms with van der Waals surface area (Å²) in [4.78, 5) is 22.0. The molecule has 0 aromatic carbocycles. The molecule has 0 aliphatic rings. The summed E-state index contributed by atoms with van der Waals surface area (Å²) in [6.07, 6.45) is 1.54. The fourth-order valence-electron chi connectivity index (χ4n) is 1.36. The Morgan fingerprint density at radius 2 is 1.94 bits per heavy atom. The first-order valence-corrected chi connectivity index (χ1v) is 5.70. The van der Waals surface area contributed by atoms with Crippen LogP contribution in [0.25, 0.3) is 0 Å². The standard InChI is InChI=1S/C11H22N2O3/c1-4-5-9(6-11(15)16)13-10(14)7-12-8(2)3/h8-9,12H,4-7H2,1-3H3,(H,13,14)(H,15,16). The van der Waals surface area contributed by atoms with E-state index in [-0.39, 0.29) is 31.0 Å². The van der Waals surface area contributed by atoms with E-state index < -0.39 is 5.97 Å². The summed E-state index contributed by atoms with van der Waals surface area (Å²) in [5.74, 6) is -1.02. The second kappa shape index (κ2) is 8.10. The number of carboxylic acid groups (broad SMARTS) is 1. The van der Waals surface area contributed by atoms with Crippen LogP contribution in [0.1, 0.15) is 40.0 Å². The fraction of sp³-hybridized carbons (Fsp3) is 0.818. The first-order chi connectivity index (χ1) is 7.45. The van der Waals surface area contributed by atoms with Crippen molar-refractivity contribution in [1.82, 2.24) is 10.6 Å². The highest BCUT2D eigenvalue weighted by Gasteiger charge is 2.14. The lowest BCUT2D eigenvalue weighted by molar-refractivity contribution is -0.137. The molecule has 0 aromatic heterocycles. The predicted octanol–water partition coefficient (Wildman–Crippen LogP) is 0.744. The van der Waals surface area contributed by atoms with Gasteiger partial charge in [-0.1, -0.05) is 27.2 Å². The van der Waals surface area contributed by atoms with Gasteiger partial charge in [0.15, 0.2) is 0 Å². The van der Waals surface area contributed by atoms with Gasteiger partial charge in [-0.25, -0.2) is 0 Å². The van der Waals surface area contributed by atoms with Crippen LogP contribution in [0.2, 0.25) is 0 Å². The Balaban J connectivity index is 3.97. The lowest BCUT2D eigenvalue weighted by Gasteiger charge is -2.16. The van der Waals surface area contributed by atoms with E-state index in [9.17, 15) is 9.59 Å². The lowest BCUT2D eigenvalue weighted by Crippen LogP contribution is -2.42. The van der Waals surface area contributed by atoms with Gasteiger partial charge in [-0.05, 0) is 6.42 Å². The van der Waals surface area contributed by atoms with Gasteiger partial charge in [-0.15, -0.1) is 0 Å². The molecule has 0 saturated carbocycles. The Kier molecular flexibility index (Phi) is 7.54. The zero-order chi connectivity index (χ0) is 12.6. The molecule has 0 fully saturated rings. The molecule has 0 heterocycles. The molecule has 94 valence electrons. The zero-order valence-corrected chi connectivity index (χ0v) is 10.2. The van der Waals surface area contributed by atoms with Crippen molar-refractivity contribution < 1.29 is 14.7 Å².